The number of carbonyl (C=O) groups is 1. The zero-order chi connectivity index (χ0) is 19.4. The molecule has 0 atom stereocenters. The van der Waals surface area contributed by atoms with E-state index in [2.05, 4.69) is 15.0 Å². The summed E-state index contributed by atoms with van der Waals surface area (Å²) in [5, 5.41) is 2.72. The fraction of sp³-hybridized carbons (Fsp3) is 0.0526. The average Bonchev–Trinajstić information content (AvgIpc) is 2.62. The number of nitrogens with one attached hydrogen (secondary N) is 2. The lowest BCUT2D eigenvalue weighted by Gasteiger charge is -2.11. The van der Waals surface area contributed by atoms with Crippen molar-refractivity contribution in [1.29, 1.82) is 0 Å². The molecule has 1 heterocycles. The lowest BCUT2D eigenvalue weighted by molar-refractivity contribution is 0.102. The summed E-state index contributed by atoms with van der Waals surface area (Å²) in [4.78, 5) is 16.4. The Morgan fingerprint density at radius 1 is 1.04 bits per heavy atom. The van der Waals surface area contributed by atoms with Gasteiger partial charge in [-0.3, -0.25) is 9.52 Å². The van der Waals surface area contributed by atoms with Gasteiger partial charge in [-0.25, -0.2) is 13.4 Å². The van der Waals surface area contributed by atoms with Gasteiger partial charge in [0.15, 0.2) is 0 Å². The average molecular weight is 402 g/mol. The standard InChI is InChI=1S/C19H16ClN3O3S/c1-13-5-4-6-14(11-13)23-27(25,26)15-8-9-17(20)16(12-15)19(24)22-18-7-2-3-10-21-18/h2-12,23H,1H3,(H,21,22,24). The molecule has 0 aliphatic heterocycles. The minimum Gasteiger partial charge on any atom is -0.307 e. The Bertz CT molecular complexity index is 1090. The van der Waals surface area contributed by atoms with Crippen molar-refractivity contribution in [3.05, 3.63) is 83.0 Å². The molecule has 0 unspecified atom stereocenters. The van der Waals surface area contributed by atoms with Crippen molar-refractivity contribution in [1.82, 2.24) is 4.98 Å². The van der Waals surface area contributed by atoms with Gasteiger partial charge in [-0.2, -0.15) is 0 Å². The maximum Gasteiger partial charge on any atom is 0.261 e. The van der Waals surface area contributed by atoms with Crippen LogP contribution in [0.2, 0.25) is 5.02 Å². The van der Waals surface area contributed by atoms with Gasteiger partial charge < -0.3 is 5.32 Å². The summed E-state index contributed by atoms with van der Waals surface area (Å²) < 4.78 is 27.8. The minimum atomic E-state index is -3.88. The molecule has 0 saturated heterocycles. The molecule has 1 amide bonds. The predicted molar refractivity (Wildman–Crippen MR) is 106 cm³/mol. The Balaban J connectivity index is 1.89. The summed E-state index contributed by atoms with van der Waals surface area (Å²) in [6.07, 6.45) is 1.53. The number of sulfonamides is 1. The fourth-order valence-corrected chi connectivity index (χ4v) is 3.67. The van der Waals surface area contributed by atoms with Crippen LogP contribution in [0.4, 0.5) is 11.5 Å². The molecule has 2 aromatic carbocycles. The molecule has 3 aromatic rings. The van der Waals surface area contributed by atoms with E-state index in [0.29, 0.717) is 11.5 Å². The van der Waals surface area contributed by atoms with E-state index in [9.17, 15) is 13.2 Å². The molecule has 0 saturated carbocycles. The number of carbonyl (C=O) groups excluding carboxylic acids is 1. The molecule has 0 fully saturated rings. The molecular weight excluding hydrogens is 386 g/mol. The Morgan fingerprint density at radius 3 is 2.56 bits per heavy atom. The number of rotatable bonds is 5. The number of amides is 1. The third kappa shape index (κ3) is 4.64. The van der Waals surface area contributed by atoms with Crippen molar-refractivity contribution in [3.63, 3.8) is 0 Å². The minimum absolute atomic E-state index is 0.0365. The highest BCUT2D eigenvalue weighted by molar-refractivity contribution is 7.92. The van der Waals surface area contributed by atoms with Gasteiger partial charge in [-0.1, -0.05) is 29.8 Å². The summed E-state index contributed by atoms with van der Waals surface area (Å²) in [6.45, 7) is 1.86. The Hall–Kier alpha value is -2.90. The monoisotopic (exact) mass is 401 g/mol. The number of halogens is 1. The largest absolute Gasteiger partial charge is 0.307 e. The molecule has 3 rings (SSSR count). The smallest absolute Gasteiger partial charge is 0.261 e. The molecular formula is C19H16ClN3O3S. The van der Waals surface area contributed by atoms with Crippen molar-refractivity contribution >= 4 is 39.0 Å². The first-order valence-corrected chi connectivity index (χ1v) is 9.83. The van der Waals surface area contributed by atoms with Crippen LogP contribution in [0.5, 0.6) is 0 Å². The number of hydrogen-bond acceptors (Lipinski definition) is 4. The summed E-state index contributed by atoms with van der Waals surface area (Å²) in [5.41, 5.74) is 1.39. The van der Waals surface area contributed by atoms with Gasteiger partial charge in [-0.15, -0.1) is 0 Å². The summed E-state index contributed by atoms with van der Waals surface area (Å²) in [6, 6.07) is 16.0. The first-order chi connectivity index (χ1) is 12.8. The number of benzene rings is 2. The molecule has 0 radical (unpaired) electrons. The first-order valence-electron chi connectivity index (χ1n) is 7.96. The zero-order valence-electron chi connectivity index (χ0n) is 14.3. The second kappa shape index (κ2) is 7.77. The second-order valence-electron chi connectivity index (χ2n) is 5.79. The maximum absolute atomic E-state index is 12.7. The van der Waals surface area contributed by atoms with Crippen LogP contribution in [0, 0.1) is 6.92 Å². The van der Waals surface area contributed by atoms with Gasteiger partial charge in [0.1, 0.15) is 5.82 Å². The number of pyridine rings is 1. The van der Waals surface area contributed by atoms with Gasteiger partial charge in [-0.05, 0) is 55.0 Å². The van der Waals surface area contributed by atoms with Crippen LogP contribution in [-0.2, 0) is 10.0 Å². The van der Waals surface area contributed by atoms with E-state index >= 15 is 0 Å². The highest BCUT2D eigenvalue weighted by atomic mass is 35.5. The number of aromatic nitrogens is 1. The van der Waals surface area contributed by atoms with Gasteiger partial charge in [0.05, 0.1) is 15.5 Å². The molecule has 27 heavy (non-hydrogen) atoms. The topological polar surface area (TPSA) is 88.2 Å². The molecule has 0 spiro atoms. The Labute approximate surface area is 162 Å². The summed E-state index contributed by atoms with van der Waals surface area (Å²) >= 11 is 6.09. The van der Waals surface area contributed by atoms with E-state index in [1.807, 2.05) is 13.0 Å². The van der Waals surface area contributed by atoms with Crippen molar-refractivity contribution in [2.24, 2.45) is 0 Å². The van der Waals surface area contributed by atoms with Crippen LogP contribution in [0.1, 0.15) is 15.9 Å². The van der Waals surface area contributed by atoms with E-state index in [1.165, 1.54) is 24.4 Å². The SMILES string of the molecule is Cc1cccc(NS(=O)(=O)c2ccc(Cl)c(C(=O)Nc3ccccn3)c2)c1. The van der Waals surface area contributed by atoms with Crippen LogP contribution in [0.15, 0.2) is 71.8 Å². The number of hydrogen-bond donors (Lipinski definition) is 2. The van der Waals surface area contributed by atoms with Gasteiger partial charge >= 0.3 is 0 Å². The molecule has 6 nitrogen and oxygen atoms in total. The molecule has 8 heteroatoms. The summed E-state index contributed by atoms with van der Waals surface area (Å²) in [7, 11) is -3.88. The predicted octanol–water partition coefficient (Wildman–Crippen LogP) is 4.10. The van der Waals surface area contributed by atoms with Crippen molar-refractivity contribution < 1.29 is 13.2 Å². The third-order valence-corrected chi connectivity index (χ3v) is 5.38. The van der Waals surface area contributed by atoms with Crippen LogP contribution < -0.4 is 10.0 Å². The second-order valence-corrected chi connectivity index (χ2v) is 7.88. The first kappa shape index (κ1) is 18.9. The summed E-state index contributed by atoms with van der Waals surface area (Å²) in [5.74, 6) is -0.212. The van der Waals surface area contributed by atoms with Gasteiger partial charge in [0.25, 0.3) is 15.9 Å². The number of anilines is 2. The zero-order valence-corrected chi connectivity index (χ0v) is 15.9. The highest BCUT2D eigenvalue weighted by Crippen LogP contribution is 2.23. The van der Waals surface area contributed by atoms with E-state index in [4.69, 9.17) is 11.6 Å². The van der Waals surface area contributed by atoms with Crippen LogP contribution >= 0.6 is 11.6 Å². The number of aryl methyl sites for hydroxylation is 1. The highest BCUT2D eigenvalue weighted by Gasteiger charge is 2.19. The van der Waals surface area contributed by atoms with Gasteiger partial charge in [0, 0.05) is 11.9 Å². The maximum atomic E-state index is 12.7. The van der Waals surface area contributed by atoms with E-state index in [0.717, 1.165) is 5.56 Å². The number of nitrogens with zero attached hydrogens (tertiary/aromatic N) is 1. The Morgan fingerprint density at radius 2 is 1.85 bits per heavy atom. The van der Waals surface area contributed by atoms with Crippen molar-refractivity contribution in [2.75, 3.05) is 10.0 Å². The Kier molecular flexibility index (Phi) is 5.43. The molecule has 0 aliphatic carbocycles. The van der Waals surface area contributed by atoms with Crippen LogP contribution in [0.3, 0.4) is 0 Å². The molecule has 2 N–H and O–H groups in total. The molecule has 0 bridgehead atoms. The quantitative estimate of drug-likeness (QED) is 0.673. The third-order valence-electron chi connectivity index (χ3n) is 3.67. The molecule has 1 aromatic heterocycles. The lowest BCUT2D eigenvalue weighted by atomic mass is 10.2. The van der Waals surface area contributed by atoms with Crippen molar-refractivity contribution in [3.8, 4) is 0 Å². The van der Waals surface area contributed by atoms with E-state index in [-0.39, 0.29) is 15.5 Å². The molecule has 0 aliphatic rings. The fourth-order valence-electron chi connectivity index (χ4n) is 2.39. The lowest BCUT2D eigenvalue weighted by Crippen LogP contribution is -2.17. The van der Waals surface area contributed by atoms with E-state index in [1.54, 1.807) is 36.4 Å². The van der Waals surface area contributed by atoms with Gasteiger partial charge in [0.2, 0.25) is 0 Å². The van der Waals surface area contributed by atoms with Crippen LogP contribution in [0.25, 0.3) is 0 Å². The van der Waals surface area contributed by atoms with Crippen LogP contribution in [-0.4, -0.2) is 19.3 Å². The van der Waals surface area contributed by atoms with E-state index < -0.39 is 15.9 Å². The molecule has 138 valence electrons. The van der Waals surface area contributed by atoms with Crippen molar-refractivity contribution in [2.45, 2.75) is 11.8 Å². The normalized spacial score (nSPS) is 11.0.